The molecule has 0 unspecified atom stereocenters. The smallest absolute Gasteiger partial charge is 0.338 e. The number of aromatic carboxylic acids is 1. The van der Waals surface area contributed by atoms with E-state index in [1.165, 1.54) is 17.1 Å². The molecule has 2 rings (SSSR count). The van der Waals surface area contributed by atoms with Crippen molar-refractivity contribution in [1.82, 2.24) is 19.7 Å². The fraction of sp³-hybridized carbons (Fsp3) is 0. The lowest BCUT2D eigenvalue weighted by molar-refractivity contribution is 0.0697. The van der Waals surface area contributed by atoms with Gasteiger partial charge in [0.2, 0.25) is 0 Å². The Morgan fingerprint density at radius 1 is 1.53 bits per heavy atom. The summed E-state index contributed by atoms with van der Waals surface area (Å²) in [5.41, 5.74) is 0.0959. The maximum absolute atomic E-state index is 10.6. The van der Waals surface area contributed by atoms with Crippen LogP contribution in [0.3, 0.4) is 0 Å². The molecule has 0 aliphatic carbocycles. The van der Waals surface area contributed by atoms with Crippen LogP contribution in [0.2, 0.25) is 0 Å². The van der Waals surface area contributed by atoms with E-state index in [0.29, 0.717) is 10.6 Å². The molecule has 0 saturated heterocycles. The van der Waals surface area contributed by atoms with E-state index in [4.69, 9.17) is 5.11 Å². The number of carbonyl (C=O) groups is 1. The van der Waals surface area contributed by atoms with Crippen molar-refractivity contribution in [3.05, 3.63) is 34.8 Å². The lowest BCUT2D eigenvalue weighted by atomic mass is 10.4. The highest BCUT2D eigenvalue weighted by Crippen LogP contribution is 2.07. The van der Waals surface area contributed by atoms with Crippen LogP contribution in [0.4, 0.5) is 0 Å². The molecule has 0 bridgehead atoms. The van der Waals surface area contributed by atoms with Gasteiger partial charge in [-0.3, -0.25) is 0 Å². The molecule has 2 aromatic rings. The highest BCUT2D eigenvalue weighted by atomic mass is 79.9. The van der Waals surface area contributed by atoms with E-state index in [0.717, 1.165) is 0 Å². The van der Waals surface area contributed by atoms with Crippen LogP contribution >= 0.6 is 15.9 Å². The van der Waals surface area contributed by atoms with Crippen molar-refractivity contribution in [2.24, 2.45) is 0 Å². The predicted octanol–water partition coefficient (Wildman–Crippen LogP) is 1.12. The van der Waals surface area contributed by atoms with Crippen molar-refractivity contribution in [2.75, 3.05) is 0 Å². The van der Waals surface area contributed by atoms with Crippen LogP contribution < -0.4 is 0 Å². The minimum Gasteiger partial charge on any atom is -0.478 e. The number of rotatable bonds is 2. The van der Waals surface area contributed by atoms with Crippen molar-refractivity contribution in [3.8, 4) is 5.95 Å². The van der Waals surface area contributed by atoms with E-state index in [9.17, 15) is 4.79 Å². The number of hydrogen-bond donors (Lipinski definition) is 1. The molecule has 15 heavy (non-hydrogen) atoms. The zero-order valence-electron chi connectivity index (χ0n) is 7.33. The maximum Gasteiger partial charge on any atom is 0.338 e. The van der Waals surface area contributed by atoms with Gasteiger partial charge in [-0.05, 0) is 22.0 Å². The van der Waals surface area contributed by atoms with Gasteiger partial charge in [-0.1, -0.05) is 0 Å². The zero-order chi connectivity index (χ0) is 10.8. The molecule has 0 amide bonds. The molecule has 0 spiro atoms. The highest BCUT2D eigenvalue weighted by Gasteiger charge is 2.08. The van der Waals surface area contributed by atoms with Gasteiger partial charge in [0.15, 0.2) is 0 Å². The standard InChI is InChI=1S/C8H5BrN4O2/c9-6-1-2-10-8(12-6)13-4-5(3-11-13)7(14)15/h1-4H,(H,14,15). The third kappa shape index (κ3) is 2.01. The van der Waals surface area contributed by atoms with Crippen LogP contribution in [-0.4, -0.2) is 30.8 Å². The quantitative estimate of drug-likeness (QED) is 0.826. The molecule has 0 aliphatic rings. The summed E-state index contributed by atoms with van der Waals surface area (Å²) in [4.78, 5) is 18.6. The van der Waals surface area contributed by atoms with Gasteiger partial charge in [-0.25, -0.2) is 19.4 Å². The lowest BCUT2D eigenvalue weighted by Crippen LogP contribution is -2.01. The van der Waals surface area contributed by atoms with Gasteiger partial charge in [0, 0.05) is 12.4 Å². The van der Waals surface area contributed by atoms with Gasteiger partial charge in [-0.15, -0.1) is 0 Å². The number of carboxylic acid groups (broad SMARTS) is 1. The Morgan fingerprint density at radius 3 is 2.93 bits per heavy atom. The van der Waals surface area contributed by atoms with Gasteiger partial charge in [-0.2, -0.15) is 5.10 Å². The summed E-state index contributed by atoms with van der Waals surface area (Å²) >= 11 is 3.19. The zero-order valence-corrected chi connectivity index (χ0v) is 8.92. The van der Waals surface area contributed by atoms with Crippen LogP contribution in [0.25, 0.3) is 5.95 Å². The molecule has 76 valence electrons. The fourth-order valence-electron chi connectivity index (χ4n) is 0.980. The molecule has 0 aromatic carbocycles. The first kappa shape index (κ1) is 9.78. The third-order valence-corrected chi connectivity index (χ3v) is 2.08. The Labute approximate surface area is 92.7 Å². The average molecular weight is 269 g/mol. The topological polar surface area (TPSA) is 80.9 Å². The van der Waals surface area contributed by atoms with E-state index in [2.05, 4.69) is 31.0 Å². The number of halogens is 1. The highest BCUT2D eigenvalue weighted by molar-refractivity contribution is 9.10. The summed E-state index contributed by atoms with van der Waals surface area (Å²) in [6, 6.07) is 1.67. The number of aromatic nitrogens is 4. The van der Waals surface area contributed by atoms with Gasteiger partial charge >= 0.3 is 5.97 Å². The SMILES string of the molecule is O=C(O)c1cnn(-c2nccc(Br)n2)c1. The van der Waals surface area contributed by atoms with Crippen molar-refractivity contribution in [3.63, 3.8) is 0 Å². The first-order valence-electron chi connectivity index (χ1n) is 3.94. The summed E-state index contributed by atoms with van der Waals surface area (Å²) in [6.07, 6.45) is 4.14. The fourth-order valence-corrected chi connectivity index (χ4v) is 1.26. The molecule has 0 radical (unpaired) electrons. The molecule has 0 fully saturated rings. The summed E-state index contributed by atoms with van der Waals surface area (Å²) in [6.45, 7) is 0. The second-order valence-electron chi connectivity index (χ2n) is 2.66. The van der Waals surface area contributed by atoms with Crippen LogP contribution in [-0.2, 0) is 0 Å². The van der Waals surface area contributed by atoms with Crippen molar-refractivity contribution >= 4 is 21.9 Å². The third-order valence-electron chi connectivity index (χ3n) is 1.64. The molecule has 2 aromatic heterocycles. The maximum atomic E-state index is 10.6. The van der Waals surface area contributed by atoms with Crippen LogP contribution in [0.1, 0.15) is 10.4 Å². The normalized spacial score (nSPS) is 10.2. The van der Waals surface area contributed by atoms with Gasteiger partial charge in [0.25, 0.3) is 5.95 Å². The molecule has 1 N–H and O–H groups in total. The van der Waals surface area contributed by atoms with E-state index < -0.39 is 5.97 Å². The van der Waals surface area contributed by atoms with E-state index in [-0.39, 0.29) is 5.56 Å². The number of hydrogen-bond acceptors (Lipinski definition) is 4. The number of carboxylic acids is 1. The van der Waals surface area contributed by atoms with Crippen LogP contribution in [0.5, 0.6) is 0 Å². The van der Waals surface area contributed by atoms with Crippen molar-refractivity contribution in [2.45, 2.75) is 0 Å². The summed E-state index contributed by atoms with van der Waals surface area (Å²) in [5.74, 6) is -0.715. The second kappa shape index (κ2) is 3.77. The molecular weight excluding hydrogens is 264 g/mol. The molecule has 0 atom stereocenters. The van der Waals surface area contributed by atoms with E-state index in [1.54, 1.807) is 12.3 Å². The van der Waals surface area contributed by atoms with Crippen molar-refractivity contribution < 1.29 is 9.90 Å². The Hall–Kier alpha value is -1.76. The monoisotopic (exact) mass is 268 g/mol. The summed E-state index contributed by atoms with van der Waals surface area (Å²) < 4.78 is 1.91. The van der Waals surface area contributed by atoms with Crippen molar-refractivity contribution in [1.29, 1.82) is 0 Å². The van der Waals surface area contributed by atoms with E-state index in [1.807, 2.05) is 0 Å². The predicted molar refractivity (Wildman–Crippen MR) is 53.8 cm³/mol. The van der Waals surface area contributed by atoms with Crippen LogP contribution in [0.15, 0.2) is 29.3 Å². The molecule has 2 heterocycles. The molecule has 0 aliphatic heterocycles. The number of nitrogens with zero attached hydrogens (tertiary/aromatic N) is 4. The van der Waals surface area contributed by atoms with Crippen LogP contribution in [0, 0.1) is 0 Å². The van der Waals surface area contributed by atoms with Gasteiger partial charge in [0.1, 0.15) is 4.60 Å². The largest absolute Gasteiger partial charge is 0.478 e. The molecular formula is C8H5BrN4O2. The molecule has 6 nitrogen and oxygen atoms in total. The first-order chi connectivity index (χ1) is 7.16. The minimum absolute atomic E-state index is 0.0959. The Bertz CT molecular complexity index is 511. The summed E-state index contributed by atoms with van der Waals surface area (Å²) in [5, 5.41) is 12.5. The molecule has 0 saturated carbocycles. The molecule has 7 heteroatoms. The Morgan fingerprint density at radius 2 is 2.33 bits per heavy atom. The summed E-state index contributed by atoms with van der Waals surface area (Å²) in [7, 11) is 0. The Kier molecular flexibility index (Phi) is 2.46. The van der Waals surface area contributed by atoms with E-state index >= 15 is 0 Å². The second-order valence-corrected chi connectivity index (χ2v) is 3.47. The Balaban J connectivity index is 2.41. The lowest BCUT2D eigenvalue weighted by Gasteiger charge is -1.97. The first-order valence-corrected chi connectivity index (χ1v) is 4.73. The average Bonchev–Trinajstić information content (AvgIpc) is 2.66. The minimum atomic E-state index is -1.03. The van der Waals surface area contributed by atoms with Gasteiger partial charge in [0.05, 0.1) is 11.8 Å². The van der Waals surface area contributed by atoms with Gasteiger partial charge < -0.3 is 5.11 Å².